The van der Waals surface area contributed by atoms with Gasteiger partial charge in [-0.05, 0) is 18.4 Å². The SMILES string of the molecule is CCCCCCCCOC(=O)[C@@H](N)Cc1ccccc1. The van der Waals surface area contributed by atoms with Gasteiger partial charge in [-0.15, -0.1) is 0 Å². The molecule has 1 aromatic carbocycles. The monoisotopic (exact) mass is 277 g/mol. The van der Waals surface area contributed by atoms with Gasteiger partial charge in [0.2, 0.25) is 0 Å². The van der Waals surface area contributed by atoms with Crippen LogP contribution in [-0.4, -0.2) is 18.6 Å². The van der Waals surface area contributed by atoms with E-state index in [1.54, 1.807) is 0 Å². The van der Waals surface area contributed by atoms with Crippen LogP contribution in [0, 0.1) is 0 Å². The molecule has 1 atom stereocenters. The van der Waals surface area contributed by atoms with Gasteiger partial charge in [0.1, 0.15) is 6.04 Å². The summed E-state index contributed by atoms with van der Waals surface area (Å²) in [6.07, 6.45) is 7.65. The highest BCUT2D eigenvalue weighted by Gasteiger charge is 2.15. The summed E-state index contributed by atoms with van der Waals surface area (Å²) in [5, 5.41) is 0. The Bertz CT molecular complexity index is 365. The lowest BCUT2D eigenvalue weighted by Crippen LogP contribution is -2.34. The molecule has 0 aliphatic carbocycles. The number of ether oxygens (including phenoxy) is 1. The van der Waals surface area contributed by atoms with Crippen molar-refractivity contribution < 1.29 is 9.53 Å². The molecule has 1 rings (SSSR count). The van der Waals surface area contributed by atoms with Crippen molar-refractivity contribution in [2.45, 2.75) is 57.9 Å². The van der Waals surface area contributed by atoms with Crippen molar-refractivity contribution in [1.82, 2.24) is 0 Å². The molecule has 0 saturated carbocycles. The van der Waals surface area contributed by atoms with E-state index in [1.165, 1.54) is 25.7 Å². The van der Waals surface area contributed by atoms with E-state index in [-0.39, 0.29) is 5.97 Å². The second-order valence-electron chi connectivity index (χ2n) is 5.23. The van der Waals surface area contributed by atoms with Crippen LogP contribution in [-0.2, 0) is 16.0 Å². The van der Waals surface area contributed by atoms with Gasteiger partial charge in [-0.3, -0.25) is 4.79 Å². The lowest BCUT2D eigenvalue weighted by Gasteiger charge is -2.11. The summed E-state index contributed by atoms with van der Waals surface area (Å²) in [4.78, 5) is 11.7. The number of rotatable bonds is 10. The molecule has 20 heavy (non-hydrogen) atoms. The van der Waals surface area contributed by atoms with Gasteiger partial charge in [-0.1, -0.05) is 69.4 Å². The van der Waals surface area contributed by atoms with Gasteiger partial charge in [0.15, 0.2) is 0 Å². The third kappa shape index (κ3) is 7.29. The summed E-state index contributed by atoms with van der Waals surface area (Å²) in [5.41, 5.74) is 6.92. The van der Waals surface area contributed by atoms with Crippen LogP contribution in [0.2, 0.25) is 0 Å². The van der Waals surface area contributed by atoms with Crippen LogP contribution < -0.4 is 5.73 Å². The minimum atomic E-state index is -0.558. The maximum atomic E-state index is 11.7. The Balaban J connectivity index is 2.10. The van der Waals surface area contributed by atoms with Crippen molar-refractivity contribution in [3.8, 4) is 0 Å². The molecular weight excluding hydrogens is 250 g/mol. The second kappa shape index (κ2) is 10.4. The van der Waals surface area contributed by atoms with Gasteiger partial charge in [-0.25, -0.2) is 0 Å². The van der Waals surface area contributed by atoms with E-state index in [0.717, 1.165) is 18.4 Å². The van der Waals surface area contributed by atoms with Crippen molar-refractivity contribution >= 4 is 5.97 Å². The highest BCUT2D eigenvalue weighted by atomic mass is 16.5. The summed E-state index contributed by atoms with van der Waals surface area (Å²) in [6, 6.07) is 9.23. The topological polar surface area (TPSA) is 52.3 Å². The first-order valence-corrected chi connectivity index (χ1v) is 7.70. The standard InChI is InChI=1S/C17H27NO2/c1-2-3-4-5-6-10-13-20-17(19)16(18)14-15-11-8-7-9-12-15/h7-9,11-12,16H,2-6,10,13-14,18H2,1H3/t16-/m0/s1. The van der Waals surface area contributed by atoms with E-state index < -0.39 is 6.04 Å². The third-order valence-corrected chi connectivity index (χ3v) is 3.34. The smallest absolute Gasteiger partial charge is 0.323 e. The predicted molar refractivity (Wildman–Crippen MR) is 82.5 cm³/mol. The third-order valence-electron chi connectivity index (χ3n) is 3.34. The normalized spacial score (nSPS) is 12.1. The molecule has 0 heterocycles. The van der Waals surface area contributed by atoms with Crippen LogP contribution in [0.1, 0.15) is 51.0 Å². The zero-order chi connectivity index (χ0) is 14.6. The summed E-state index contributed by atoms with van der Waals surface area (Å²) < 4.78 is 5.22. The van der Waals surface area contributed by atoms with E-state index in [9.17, 15) is 4.79 Å². The van der Waals surface area contributed by atoms with Crippen molar-refractivity contribution in [1.29, 1.82) is 0 Å². The summed E-state index contributed by atoms with van der Waals surface area (Å²) in [7, 11) is 0. The average Bonchev–Trinajstić information content (AvgIpc) is 2.47. The number of esters is 1. The zero-order valence-corrected chi connectivity index (χ0v) is 12.5. The molecular formula is C17H27NO2. The number of benzene rings is 1. The Hall–Kier alpha value is -1.35. The van der Waals surface area contributed by atoms with Crippen molar-refractivity contribution in [2.24, 2.45) is 5.73 Å². The Morgan fingerprint density at radius 2 is 1.75 bits per heavy atom. The summed E-state index contributed by atoms with van der Waals surface area (Å²) >= 11 is 0. The second-order valence-corrected chi connectivity index (χ2v) is 5.23. The molecule has 0 aliphatic rings. The maximum absolute atomic E-state index is 11.7. The molecule has 112 valence electrons. The predicted octanol–water partition coefficient (Wildman–Crippen LogP) is 3.46. The van der Waals surface area contributed by atoms with Gasteiger partial charge < -0.3 is 10.5 Å². The number of unbranched alkanes of at least 4 members (excludes halogenated alkanes) is 5. The minimum Gasteiger partial charge on any atom is -0.465 e. The molecule has 0 aromatic heterocycles. The number of nitrogens with two attached hydrogens (primary N) is 1. The van der Waals surface area contributed by atoms with Crippen LogP contribution in [0.4, 0.5) is 0 Å². The number of carbonyl (C=O) groups is 1. The molecule has 1 aromatic rings. The van der Waals surface area contributed by atoms with E-state index in [4.69, 9.17) is 10.5 Å². The van der Waals surface area contributed by atoms with Crippen LogP contribution in [0.3, 0.4) is 0 Å². The molecule has 0 spiro atoms. The summed E-state index contributed by atoms with van der Waals surface area (Å²) in [6.45, 7) is 2.70. The quantitative estimate of drug-likeness (QED) is 0.526. The number of hydrogen-bond donors (Lipinski definition) is 1. The minimum absolute atomic E-state index is 0.289. The Labute approximate surface area is 122 Å². The molecule has 0 aliphatic heterocycles. The first kappa shape index (κ1) is 16.7. The number of hydrogen-bond acceptors (Lipinski definition) is 3. The van der Waals surface area contributed by atoms with Crippen LogP contribution in [0.5, 0.6) is 0 Å². The van der Waals surface area contributed by atoms with Crippen LogP contribution >= 0.6 is 0 Å². The van der Waals surface area contributed by atoms with Crippen molar-refractivity contribution in [2.75, 3.05) is 6.61 Å². The van der Waals surface area contributed by atoms with Gasteiger partial charge in [0, 0.05) is 0 Å². The Kier molecular flexibility index (Phi) is 8.72. The summed E-state index contributed by atoms with van der Waals surface area (Å²) in [5.74, 6) is -0.289. The Morgan fingerprint density at radius 1 is 1.10 bits per heavy atom. The largest absolute Gasteiger partial charge is 0.465 e. The van der Waals surface area contributed by atoms with Crippen molar-refractivity contribution in [3.05, 3.63) is 35.9 Å². The molecule has 0 saturated heterocycles. The lowest BCUT2D eigenvalue weighted by molar-refractivity contribution is -0.145. The molecule has 0 bridgehead atoms. The fourth-order valence-electron chi connectivity index (χ4n) is 2.11. The molecule has 2 N–H and O–H groups in total. The fourth-order valence-corrected chi connectivity index (χ4v) is 2.11. The molecule has 0 unspecified atom stereocenters. The molecule has 3 heteroatoms. The van der Waals surface area contributed by atoms with E-state index in [0.29, 0.717) is 13.0 Å². The Morgan fingerprint density at radius 3 is 2.45 bits per heavy atom. The molecule has 0 radical (unpaired) electrons. The number of carbonyl (C=O) groups excluding carboxylic acids is 1. The average molecular weight is 277 g/mol. The highest BCUT2D eigenvalue weighted by molar-refractivity contribution is 5.75. The molecule has 0 amide bonds. The lowest BCUT2D eigenvalue weighted by atomic mass is 10.1. The molecule has 3 nitrogen and oxygen atoms in total. The van der Waals surface area contributed by atoms with Gasteiger partial charge in [0.05, 0.1) is 6.61 Å². The first-order chi connectivity index (χ1) is 9.74. The van der Waals surface area contributed by atoms with E-state index in [1.807, 2.05) is 30.3 Å². The molecule has 0 fully saturated rings. The van der Waals surface area contributed by atoms with Crippen LogP contribution in [0.15, 0.2) is 30.3 Å². The van der Waals surface area contributed by atoms with E-state index >= 15 is 0 Å². The van der Waals surface area contributed by atoms with Gasteiger partial charge in [-0.2, -0.15) is 0 Å². The van der Waals surface area contributed by atoms with Crippen LogP contribution in [0.25, 0.3) is 0 Å². The van der Waals surface area contributed by atoms with E-state index in [2.05, 4.69) is 6.92 Å². The maximum Gasteiger partial charge on any atom is 0.323 e. The van der Waals surface area contributed by atoms with Crippen molar-refractivity contribution in [3.63, 3.8) is 0 Å². The van der Waals surface area contributed by atoms with Gasteiger partial charge in [0.25, 0.3) is 0 Å². The zero-order valence-electron chi connectivity index (χ0n) is 12.5. The van der Waals surface area contributed by atoms with Gasteiger partial charge >= 0.3 is 5.97 Å². The fraction of sp³-hybridized carbons (Fsp3) is 0.588. The highest BCUT2D eigenvalue weighted by Crippen LogP contribution is 2.06. The first-order valence-electron chi connectivity index (χ1n) is 7.70.